The number of carbonyl (C=O) groups excluding carboxylic acids is 1. The van der Waals surface area contributed by atoms with Crippen LogP contribution in [-0.2, 0) is 23.2 Å². The van der Waals surface area contributed by atoms with Gasteiger partial charge in [0.25, 0.3) is 0 Å². The highest BCUT2D eigenvalue weighted by Gasteiger charge is 2.47. The fourth-order valence-electron chi connectivity index (χ4n) is 3.64. The van der Waals surface area contributed by atoms with Gasteiger partial charge in [0, 0.05) is 36.3 Å². The number of nitrogens with zero attached hydrogens (tertiary/aromatic N) is 3. The third-order valence-electron chi connectivity index (χ3n) is 4.97. The van der Waals surface area contributed by atoms with Crippen molar-refractivity contribution in [3.05, 3.63) is 34.9 Å². The van der Waals surface area contributed by atoms with Gasteiger partial charge in [0.05, 0.1) is 0 Å². The smallest absolute Gasteiger partial charge is 0.140 e. The van der Waals surface area contributed by atoms with Gasteiger partial charge >= 0.3 is 0 Å². The minimum atomic E-state index is -0.178. The van der Waals surface area contributed by atoms with Crippen molar-refractivity contribution in [1.82, 2.24) is 14.8 Å². The van der Waals surface area contributed by atoms with Crippen molar-refractivity contribution in [3.63, 3.8) is 0 Å². The van der Waals surface area contributed by atoms with E-state index in [4.69, 9.17) is 11.6 Å². The Morgan fingerprint density at radius 1 is 1.26 bits per heavy atom. The van der Waals surface area contributed by atoms with Crippen LogP contribution in [0.5, 0.6) is 0 Å². The molecule has 1 aliphatic carbocycles. The summed E-state index contributed by atoms with van der Waals surface area (Å²) >= 11 is 6.04. The van der Waals surface area contributed by atoms with Gasteiger partial charge in [0.2, 0.25) is 0 Å². The Bertz CT molecular complexity index is 637. The molecule has 0 amide bonds. The molecule has 124 valence electrons. The molecule has 1 saturated carbocycles. The number of ketones is 1. The molecule has 0 spiro atoms. The van der Waals surface area contributed by atoms with Crippen LogP contribution in [-0.4, -0.2) is 20.5 Å². The highest BCUT2D eigenvalue weighted by atomic mass is 35.5. The highest BCUT2D eigenvalue weighted by Crippen LogP contribution is 2.44. The van der Waals surface area contributed by atoms with Crippen LogP contribution in [0.2, 0.25) is 0 Å². The van der Waals surface area contributed by atoms with Gasteiger partial charge in [-0.25, -0.2) is 0 Å². The number of rotatable bonds is 4. The SMILES string of the molecule is C/C=C(Cl)\C=C/CC1(c2nnc3n2CCCCCC3)CC(=O)C1. The summed E-state index contributed by atoms with van der Waals surface area (Å²) in [5.41, 5.74) is -0.178. The van der Waals surface area contributed by atoms with Gasteiger partial charge in [0.1, 0.15) is 17.4 Å². The number of Topliss-reactive ketones (excluding diaryl/α,β-unsaturated/α-hetero) is 1. The Morgan fingerprint density at radius 2 is 2.04 bits per heavy atom. The van der Waals surface area contributed by atoms with Gasteiger partial charge in [-0.3, -0.25) is 4.79 Å². The van der Waals surface area contributed by atoms with Crippen molar-refractivity contribution in [2.24, 2.45) is 0 Å². The maximum Gasteiger partial charge on any atom is 0.140 e. The Balaban J connectivity index is 1.86. The Morgan fingerprint density at radius 3 is 2.78 bits per heavy atom. The Kier molecular flexibility index (Phi) is 5.00. The van der Waals surface area contributed by atoms with Gasteiger partial charge in [-0.15, -0.1) is 10.2 Å². The van der Waals surface area contributed by atoms with Gasteiger partial charge in [0.15, 0.2) is 0 Å². The molecule has 0 radical (unpaired) electrons. The van der Waals surface area contributed by atoms with Crippen LogP contribution in [0.4, 0.5) is 0 Å². The number of halogens is 1. The number of aryl methyl sites for hydroxylation is 1. The van der Waals surface area contributed by atoms with Crippen LogP contribution in [0.3, 0.4) is 0 Å². The lowest BCUT2D eigenvalue weighted by Crippen LogP contribution is -2.43. The summed E-state index contributed by atoms with van der Waals surface area (Å²) in [7, 11) is 0. The van der Waals surface area contributed by atoms with Crippen LogP contribution in [0.1, 0.15) is 63.5 Å². The van der Waals surface area contributed by atoms with E-state index in [1.54, 1.807) is 0 Å². The molecule has 2 heterocycles. The number of aromatic nitrogens is 3. The van der Waals surface area contributed by atoms with Gasteiger partial charge < -0.3 is 4.57 Å². The molecular formula is C18H24ClN3O. The lowest BCUT2D eigenvalue weighted by molar-refractivity contribution is -0.128. The average molecular weight is 334 g/mol. The van der Waals surface area contributed by atoms with Crippen LogP contribution < -0.4 is 0 Å². The number of carbonyl (C=O) groups is 1. The van der Waals surface area contributed by atoms with Gasteiger partial charge in [-0.1, -0.05) is 36.6 Å². The van der Waals surface area contributed by atoms with Crippen LogP contribution in [0, 0.1) is 0 Å². The molecular weight excluding hydrogens is 310 g/mol. The molecule has 0 atom stereocenters. The minimum Gasteiger partial charge on any atom is -0.314 e. The summed E-state index contributed by atoms with van der Waals surface area (Å²) in [4.78, 5) is 11.7. The summed E-state index contributed by atoms with van der Waals surface area (Å²) in [6.45, 7) is 2.89. The minimum absolute atomic E-state index is 0.178. The van der Waals surface area contributed by atoms with Crippen molar-refractivity contribution < 1.29 is 4.79 Å². The van der Waals surface area contributed by atoms with Crippen molar-refractivity contribution in [2.45, 2.75) is 70.3 Å². The molecule has 2 aliphatic rings. The molecule has 0 bridgehead atoms. The second kappa shape index (κ2) is 7.00. The first kappa shape index (κ1) is 16.4. The molecule has 0 N–H and O–H groups in total. The lowest BCUT2D eigenvalue weighted by Gasteiger charge is -2.39. The van der Waals surface area contributed by atoms with Crippen LogP contribution in [0.15, 0.2) is 23.3 Å². The first-order chi connectivity index (χ1) is 11.1. The van der Waals surface area contributed by atoms with Gasteiger partial charge in [-0.2, -0.15) is 0 Å². The van der Waals surface area contributed by atoms with Crippen molar-refractivity contribution in [3.8, 4) is 0 Å². The second-order valence-corrected chi connectivity index (χ2v) is 7.14. The van der Waals surface area contributed by atoms with Gasteiger partial charge in [-0.05, 0) is 32.3 Å². The zero-order chi connectivity index (χ0) is 16.3. The maximum absolute atomic E-state index is 11.7. The summed E-state index contributed by atoms with van der Waals surface area (Å²) in [6, 6.07) is 0. The molecule has 0 unspecified atom stereocenters. The first-order valence-electron chi connectivity index (χ1n) is 8.57. The molecule has 23 heavy (non-hydrogen) atoms. The Hall–Kier alpha value is -1.42. The average Bonchev–Trinajstić information content (AvgIpc) is 2.86. The molecule has 4 nitrogen and oxygen atoms in total. The van der Waals surface area contributed by atoms with E-state index in [0.717, 1.165) is 36.1 Å². The number of hydrogen-bond acceptors (Lipinski definition) is 3. The number of allylic oxidation sites excluding steroid dienone is 4. The zero-order valence-corrected chi connectivity index (χ0v) is 14.5. The lowest BCUT2D eigenvalue weighted by atomic mass is 9.65. The molecule has 5 heteroatoms. The van der Waals surface area contributed by atoms with E-state index >= 15 is 0 Å². The normalized spacial score (nSPS) is 21.7. The van der Waals surface area contributed by atoms with Crippen molar-refractivity contribution in [1.29, 1.82) is 0 Å². The zero-order valence-electron chi connectivity index (χ0n) is 13.7. The molecule has 0 saturated heterocycles. The fraction of sp³-hybridized carbons (Fsp3) is 0.611. The molecule has 3 rings (SSSR count). The summed E-state index contributed by atoms with van der Waals surface area (Å²) in [6.07, 6.45) is 13.7. The molecule has 0 aromatic carbocycles. The van der Waals surface area contributed by atoms with Crippen LogP contribution in [0.25, 0.3) is 0 Å². The summed E-state index contributed by atoms with van der Waals surface area (Å²) < 4.78 is 2.29. The van der Waals surface area contributed by atoms with Crippen molar-refractivity contribution in [2.75, 3.05) is 0 Å². The molecule has 1 fully saturated rings. The molecule has 1 aliphatic heterocycles. The highest BCUT2D eigenvalue weighted by molar-refractivity contribution is 6.31. The topological polar surface area (TPSA) is 47.8 Å². The van der Waals surface area contributed by atoms with E-state index in [9.17, 15) is 4.79 Å². The quantitative estimate of drug-likeness (QED) is 0.780. The molecule has 1 aromatic heterocycles. The van der Waals surface area contributed by atoms with E-state index in [1.807, 2.05) is 19.1 Å². The maximum atomic E-state index is 11.7. The monoisotopic (exact) mass is 333 g/mol. The third-order valence-corrected chi connectivity index (χ3v) is 5.31. The fourth-order valence-corrected chi connectivity index (χ4v) is 3.73. The third kappa shape index (κ3) is 3.42. The summed E-state index contributed by atoms with van der Waals surface area (Å²) in [5.74, 6) is 2.42. The first-order valence-corrected chi connectivity index (χ1v) is 8.95. The number of hydrogen-bond donors (Lipinski definition) is 0. The van der Waals surface area contributed by atoms with E-state index < -0.39 is 0 Å². The molecule has 1 aromatic rings. The van der Waals surface area contributed by atoms with E-state index in [2.05, 4.69) is 20.8 Å². The predicted molar refractivity (Wildman–Crippen MR) is 91.5 cm³/mol. The predicted octanol–water partition coefficient (Wildman–Crippen LogP) is 4.08. The van der Waals surface area contributed by atoms with E-state index in [1.165, 1.54) is 25.7 Å². The standard InChI is InChI=1S/C18H24ClN3O/c1-2-14(19)8-7-10-18(12-15(23)13-18)17-21-20-16-9-5-3-4-6-11-22(16)17/h2,7-8H,3-6,9-13H2,1H3/b8-7-,14-2+. The Labute approximate surface area is 142 Å². The van der Waals surface area contributed by atoms with Crippen molar-refractivity contribution >= 4 is 17.4 Å². The van der Waals surface area contributed by atoms with E-state index in [0.29, 0.717) is 18.6 Å². The van der Waals surface area contributed by atoms with Crippen LogP contribution >= 0.6 is 11.6 Å². The second-order valence-electron chi connectivity index (χ2n) is 6.71. The van der Waals surface area contributed by atoms with E-state index in [-0.39, 0.29) is 5.41 Å². The number of fused-ring (bicyclic) bond motifs is 1. The largest absolute Gasteiger partial charge is 0.314 e. The summed E-state index contributed by atoms with van der Waals surface area (Å²) in [5, 5.41) is 9.66.